The average Bonchev–Trinajstić information content (AvgIpc) is 3.02. The molecule has 2 N–H and O–H groups in total. The Kier molecular flexibility index (Phi) is 6.19. The molecule has 4 fully saturated rings. The van der Waals surface area contributed by atoms with Crippen LogP contribution in [0.25, 0.3) is 0 Å². The van der Waals surface area contributed by atoms with E-state index < -0.39 is 12.2 Å². The highest BCUT2D eigenvalue weighted by molar-refractivity contribution is 5.12. The maximum absolute atomic E-state index is 11.1. The third kappa shape index (κ3) is 3.53. The van der Waals surface area contributed by atoms with Crippen LogP contribution < -0.4 is 0 Å². The molecule has 0 saturated heterocycles. The lowest BCUT2D eigenvalue weighted by molar-refractivity contribution is -0.196. The minimum Gasteiger partial charge on any atom is -0.390 e. The van der Waals surface area contributed by atoms with E-state index in [-0.39, 0.29) is 5.41 Å². The third-order valence-electron chi connectivity index (χ3n) is 11.0. The van der Waals surface area contributed by atoms with Crippen LogP contribution in [0.2, 0.25) is 0 Å². The van der Waals surface area contributed by atoms with E-state index in [1.807, 2.05) is 0 Å². The number of fused-ring (bicyclic) bond motifs is 5. The van der Waals surface area contributed by atoms with Gasteiger partial charge in [0.25, 0.3) is 0 Å². The first kappa shape index (κ1) is 22.1. The Morgan fingerprint density at radius 3 is 2.28 bits per heavy atom. The second-order valence-corrected chi connectivity index (χ2v) is 12.6. The quantitative estimate of drug-likeness (QED) is 0.553. The van der Waals surface area contributed by atoms with Crippen LogP contribution in [0.1, 0.15) is 105 Å². The van der Waals surface area contributed by atoms with Gasteiger partial charge in [0.1, 0.15) is 0 Å². The Hall–Kier alpha value is -0.0800. The average molecular weight is 405 g/mol. The van der Waals surface area contributed by atoms with E-state index in [0.29, 0.717) is 17.3 Å². The standard InChI is InChI=1S/C27H48O2/c1-17(2)7-6-8-18(3)21-12-13-22-20-11-9-19-10-14-24(28)25(29)27(19,5)23(20)15-16-26(21,22)4/h17-25,28-29H,6-16H2,1-5H3/t18-,19+,20+,21+,22-,23+,24+,25+,26+,27+/m1/s1. The van der Waals surface area contributed by atoms with Crippen molar-refractivity contribution in [2.24, 2.45) is 52.3 Å². The zero-order valence-corrected chi connectivity index (χ0v) is 19.9. The van der Waals surface area contributed by atoms with Gasteiger partial charge in [-0.25, -0.2) is 0 Å². The fraction of sp³-hybridized carbons (Fsp3) is 1.00. The molecule has 2 nitrogen and oxygen atoms in total. The minimum absolute atomic E-state index is 0.0527. The van der Waals surface area contributed by atoms with Crippen molar-refractivity contribution >= 4 is 0 Å². The fourth-order valence-electron chi connectivity index (χ4n) is 9.35. The molecule has 0 aromatic heterocycles. The van der Waals surface area contributed by atoms with Crippen LogP contribution in [0, 0.1) is 52.3 Å². The second kappa shape index (κ2) is 8.12. The molecular formula is C27H48O2. The highest BCUT2D eigenvalue weighted by Crippen LogP contribution is 2.68. The van der Waals surface area contributed by atoms with Gasteiger partial charge in [-0.05, 0) is 98.2 Å². The summed E-state index contributed by atoms with van der Waals surface area (Å²) in [6.07, 6.45) is 13.2. The number of aliphatic hydroxyl groups is 2. The molecule has 29 heavy (non-hydrogen) atoms. The van der Waals surface area contributed by atoms with Gasteiger partial charge in [0.05, 0.1) is 12.2 Å². The smallest absolute Gasteiger partial charge is 0.0857 e. The van der Waals surface area contributed by atoms with Gasteiger partial charge in [-0.15, -0.1) is 0 Å². The highest BCUT2D eigenvalue weighted by atomic mass is 16.3. The molecule has 168 valence electrons. The topological polar surface area (TPSA) is 40.5 Å². The molecule has 0 aromatic carbocycles. The van der Waals surface area contributed by atoms with E-state index in [1.165, 1.54) is 57.8 Å². The molecule has 0 radical (unpaired) electrons. The number of aliphatic hydroxyl groups excluding tert-OH is 2. The summed E-state index contributed by atoms with van der Waals surface area (Å²) in [6, 6.07) is 0. The van der Waals surface area contributed by atoms with Gasteiger partial charge in [-0.2, -0.15) is 0 Å². The monoisotopic (exact) mass is 404 g/mol. The van der Waals surface area contributed by atoms with Gasteiger partial charge in [0.2, 0.25) is 0 Å². The third-order valence-corrected chi connectivity index (χ3v) is 11.0. The van der Waals surface area contributed by atoms with Crippen LogP contribution in [0.4, 0.5) is 0 Å². The van der Waals surface area contributed by atoms with Crippen LogP contribution in [-0.4, -0.2) is 22.4 Å². The van der Waals surface area contributed by atoms with Gasteiger partial charge < -0.3 is 10.2 Å². The summed E-state index contributed by atoms with van der Waals surface area (Å²) < 4.78 is 0. The first-order valence-electron chi connectivity index (χ1n) is 13.1. The van der Waals surface area contributed by atoms with Crippen LogP contribution in [0.3, 0.4) is 0 Å². The minimum atomic E-state index is -0.509. The molecule has 0 spiro atoms. The Bertz CT molecular complexity index is 569. The van der Waals surface area contributed by atoms with Crippen molar-refractivity contribution in [2.75, 3.05) is 0 Å². The Labute approximate surface area is 180 Å². The zero-order valence-electron chi connectivity index (χ0n) is 19.9. The maximum Gasteiger partial charge on any atom is 0.0857 e. The van der Waals surface area contributed by atoms with Crippen LogP contribution >= 0.6 is 0 Å². The molecule has 10 atom stereocenters. The summed E-state index contributed by atoms with van der Waals surface area (Å²) in [6.45, 7) is 12.2. The summed E-state index contributed by atoms with van der Waals surface area (Å²) in [5.41, 5.74) is 0.461. The van der Waals surface area contributed by atoms with Crippen molar-refractivity contribution in [1.29, 1.82) is 0 Å². The maximum atomic E-state index is 11.1. The van der Waals surface area contributed by atoms with Crippen molar-refractivity contribution in [2.45, 2.75) is 117 Å². The lowest BCUT2D eigenvalue weighted by Crippen LogP contribution is -2.60. The Morgan fingerprint density at radius 2 is 1.55 bits per heavy atom. The molecule has 0 heterocycles. The Balaban J connectivity index is 1.50. The summed E-state index contributed by atoms with van der Waals surface area (Å²) >= 11 is 0. The largest absolute Gasteiger partial charge is 0.390 e. The molecule has 0 amide bonds. The molecule has 4 saturated carbocycles. The first-order valence-corrected chi connectivity index (χ1v) is 13.1. The molecule has 0 unspecified atom stereocenters. The van der Waals surface area contributed by atoms with E-state index >= 15 is 0 Å². The normalized spacial score (nSPS) is 50.7. The van der Waals surface area contributed by atoms with E-state index in [9.17, 15) is 10.2 Å². The molecule has 0 bridgehead atoms. The Morgan fingerprint density at radius 1 is 0.828 bits per heavy atom. The molecule has 0 aromatic rings. The van der Waals surface area contributed by atoms with E-state index in [4.69, 9.17) is 0 Å². The van der Waals surface area contributed by atoms with Crippen molar-refractivity contribution in [3.05, 3.63) is 0 Å². The summed E-state index contributed by atoms with van der Waals surface area (Å²) in [7, 11) is 0. The molecule has 4 rings (SSSR count). The van der Waals surface area contributed by atoms with Crippen molar-refractivity contribution < 1.29 is 10.2 Å². The predicted molar refractivity (Wildman–Crippen MR) is 120 cm³/mol. The van der Waals surface area contributed by atoms with E-state index in [1.54, 1.807) is 0 Å². The molecular weight excluding hydrogens is 356 g/mol. The van der Waals surface area contributed by atoms with Gasteiger partial charge >= 0.3 is 0 Å². The van der Waals surface area contributed by atoms with Crippen molar-refractivity contribution in [3.63, 3.8) is 0 Å². The lowest BCUT2D eigenvalue weighted by Gasteiger charge is -2.62. The van der Waals surface area contributed by atoms with Crippen molar-refractivity contribution in [3.8, 4) is 0 Å². The fourth-order valence-corrected chi connectivity index (χ4v) is 9.35. The summed E-state index contributed by atoms with van der Waals surface area (Å²) in [4.78, 5) is 0. The predicted octanol–water partition coefficient (Wildman–Crippen LogP) is 6.44. The van der Waals surface area contributed by atoms with Gasteiger partial charge in [0.15, 0.2) is 0 Å². The van der Waals surface area contributed by atoms with E-state index in [2.05, 4.69) is 34.6 Å². The van der Waals surface area contributed by atoms with Crippen LogP contribution in [0.15, 0.2) is 0 Å². The summed E-state index contributed by atoms with van der Waals surface area (Å²) in [5, 5.41) is 21.6. The highest BCUT2D eigenvalue weighted by Gasteiger charge is 2.62. The van der Waals surface area contributed by atoms with Crippen molar-refractivity contribution in [1.82, 2.24) is 0 Å². The van der Waals surface area contributed by atoms with Crippen LogP contribution in [-0.2, 0) is 0 Å². The zero-order chi connectivity index (χ0) is 21.0. The van der Waals surface area contributed by atoms with E-state index in [0.717, 1.165) is 42.4 Å². The SMILES string of the molecule is CC(C)CCC[C@@H](C)[C@@H]1CC[C@@H]2[C@@H]3CC[C@H]4CC[C@H](O)[C@H](O)[C@]4(C)[C@H]3CC[C@]21C. The lowest BCUT2D eigenvalue weighted by atomic mass is 9.43. The van der Waals surface area contributed by atoms with Crippen LogP contribution in [0.5, 0.6) is 0 Å². The summed E-state index contributed by atoms with van der Waals surface area (Å²) in [5.74, 6) is 5.46. The number of hydrogen-bond donors (Lipinski definition) is 2. The molecule has 2 heteroatoms. The van der Waals surface area contributed by atoms with Gasteiger partial charge in [-0.1, -0.05) is 53.9 Å². The van der Waals surface area contributed by atoms with Gasteiger partial charge in [0, 0.05) is 5.41 Å². The molecule has 4 aliphatic rings. The number of rotatable bonds is 5. The molecule has 4 aliphatic carbocycles. The molecule has 0 aliphatic heterocycles. The first-order chi connectivity index (χ1) is 13.7. The number of hydrogen-bond acceptors (Lipinski definition) is 2. The van der Waals surface area contributed by atoms with Gasteiger partial charge in [-0.3, -0.25) is 0 Å². The second-order valence-electron chi connectivity index (χ2n) is 12.6.